The van der Waals surface area contributed by atoms with Crippen LogP contribution in [0.2, 0.25) is 0 Å². The Hall–Kier alpha value is -1.26. The van der Waals surface area contributed by atoms with E-state index in [9.17, 15) is 4.79 Å². The first kappa shape index (κ1) is 7.84. The second-order valence-corrected chi connectivity index (χ2v) is 2.17. The lowest BCUT2D eigenvalue weighted by Crippen LogP contribution is -2.23. The van der Waals surface area contributed by atoms with Crippen molar-refractivity contribution in [2.75, 3.05) is 7.11 Å². The number of hydrogen-bond donors (Lipinski definition) is 1. The number of nitrogens with one attached hydrogen (secondary N) is 1. The van der Waals surface area contributed by atoms with Crippen molar-refractivity contribution in [2.24, 2.45) is 0 Å². The van der Waals surface area contributed by atoms with Crippen LogP contribution in [0, 0.1) is 0 Å². The number of hydrogen-bond acceptors (Lipinski definition) is 3. The number of rotatable bonds is 3. The van der Waals surface area contributed by atoms with E-state index in [1.807, 2.05) is 6.92 Å². The number of aromatic amines is 1. The molecular weight excluding hydrogens is 146 g/mol. The van der Waals surface area contributed by atoms with Crippen molar-refractivity contribution in [1.82, 2.24) is 14.9 Å². The fraction of sp³-hybridized carbons (Fsp3) is 0.667. The van der Waals surface area contributed by atoms with Gasteiger partial charge < -0.3 is 4.84 Å². The van der Waals surface area contributed by atoms with Crippen LogP contribution < -0.4 is 10.5 Å². The summed E-state index contributed by atoms with van der Waals surface area (Å²) in [4.78, 5) is 15.6. The van der Waals surface area contributed by atoms with Gasteiger partial charge in [0.25, 0.3) is 0 Å². The van der Waals surface area contributed by atoms with Crippen LogP contribution in [0.25, 0.3) is 0 Å². The van der Waals surface area contributed by atoms with Gasteiger partial charge in [0.2, 0.25) is 0 Å². The quantitative estimate of drug-likeness (QED) is 0.648. The minimum absolute atomic E-state index is 0.323. The van der Waals surface area contributed by atoms with Crippen molar-refractivity contribution in [2.45, 2.75) is 19.8 Å². The molecule has 0 aromatic carbocycles. The lowest BCUT2D eigenvalue weighted by Gasteiger charge is -1.99. The summed E-state index contributed by atoms with van der Waals surface area (Å²) in [6.45, 7) is 2.01. The van der Waals surface area contributed by atoms with Crippen LogP contribution in [0.5, 0.6) is 0 Å². The van der Waals surface area contributed by atoms with Gasteiger partial charge in [0.1, 0.15) is 7.11 Å². The van der Waals surface area contributed by atoms with Gasteiger partial charge in [0.05, 0.1) is 0 Å². The van der Waals surface area contributed by atoms with Crippen molar-refractivity contribution in [3.63, 3.8) is 0 Å². The van der Waals surface area contributed by atoms with Crippen LogP contribution in [0.4, 0.5) is 0 Å². The molecule has 1 heterocycles. The molecule has 0 bridgehead atoms. The molecule has 0 aliphatic rings. The van der Waals surface area contributed by atoms with Gasteiger partial charge in [-0.25, -0.2) is 9.89 Å². The molecule has 0 saturated heterocycles. The highest BCUT2D eigenvalue weighted by atomic mass is 16.7. The Morgan fingerprint density at radius 2 is 2.45 bits per heavy atom. The van der Waals surface area contributed by atoms with Gasteiger partial charge in [-0.3, -0.25) is 0 Å². The third kappa shape index (κ3) is 1.42. The Kier molecular flexibility index (Phi) is 2.30. The van der Waals surface area contributed by atoms with Crippen molar-refractivity contribution in [1.29, 1.82) is 0 Å². The number of aromatic nitrogens is 3. The second kappa shape index (κ2) is 3.23. The molecule has 1 aromatic heterocycles. The maximum Gasteiger partial charge on any atom is 0.376 e. The standard InChI is InChI=1S/C6H11N3O2/c1-3-4-5-7-8-6(10)9(5)11-2/h3-4H2,1-2H3,(H,8,10). The zero-order valence-electron chi connectivity index (χ0n) is 6.63. The maximum atomic E-state index is 10.9. The summed E-state index contributed by atoms with van der Waals surface area (Å²) in [5.74, 6) is 0.639. The molecule has 1 rings (SSSR count). The Bertz CT molecular complexity index is 276. The molecule has 5 nitrogen and oxygen atoms in total. The van der Waals surface area contributed by atoms with Crippen LogP contribution in [-0.4, -0.2) is 22.0 Å². The normalized spacial score (nSPS) is 10.0. The van der Waals surface area contributed by atoms with Crippen molar-refractivity contribution in [3.8, 4) is 0 Å². The molecule has 0 aliphatic carbocycles. The summed E-state index contributed by atoms with van der Waals surface area (Å²) in [6, 6.07) is 0. The van der Waals surface area contributed by atoms with Crippen LogP contribution in [-0.2, 0) is 6.42 Å². The minimum atomic E-state index is -0.323. The fourth-order valence-corrected chi connectivity index (χ4v) is 0.890. The topological polar surface area (TPSA) is 59.9 Å². The Labute approximate surface area is 63.9 Å². The number of H-pyrrole nitrogens is 1. The zero-order chi connectivity index (χ0) is 8.27. The smallest absolute Gasteiger partial charge is 0.376 e. The monoisotopic (exact) mass is 157 g/mol. The third-order valence-corrected chi connectivity index (χ3v) is 1.36. The molecular formula is C6H11N3O2. The van der Waals surface area contributed by atoms with Gasteiger partial charge in [0, 0.05) is 6.42 Å². The number of nitrogens with zero attached hydrogens (tertiary/aromatic N) is 2. The largest absolute Gasteiger partial charge is 0.411 e. The predicted octanol–water partition coefficient (Wildman–Crippen LogP) is -0.418. The molecule has 1 aromatic rings. The first-order chi connectivity index (χ1) is 5.29. The summed E-state index contributed by atoms with van der Waals surface area (Å²) in [5.41, 5.74) is -0.323. The predicted molar refractivity (Wildman–Crippen MR) is 39.3 cm³/mol. The molecule has 0 saturated carbocycles. The average Bonchev–Trinajstić information content (AvgIpc) is 2.33. The maximum absolute atomic E-state index is 10.9. The van der Waals surface area contributed by atoms with Crippen molar-refractivity contribution >= 4 is 0 Å². The molecule has 1 N–H and O–H groups in total. The van der Waals surface area contributed by atoms with E-state index in [1.165, 1.54) is 7.11 Å². The third-order valence-electron chi connectivity index (χ3n) is 1.36. The molecule has 5 heteroatoms. The summed E-state index contributed by atoms with van der Waals surface area (Å²) in [5, 5.41) is 6.08. The Morgan fingerprint density at radius 1 is 1.73 bits per heavy atom. The average molecular weight is 157 g/mol. The van der Waals surface area contributed by atoms with E-state index in [-0.39, 0.29) is 5.69 Å². The van der Waals surface area contributed by atoms with E-state index in [2.05, 4.69) is 10.2 Å². The highest BCUT2D eigenvalue weighted by molar-refractivity contribution is 4.82. The van der Waals surface area contributed by atoms with Crippen LogP contribution in [0.15, 0.2) is 4.79 Å². The minimum Gasteiger partial charge on any atom is -0.411 e. The first-order valence-corrected chi connectivity index (χ1v) is 3.50. The van der Waals surface area contributed by atoms with E-state index in [1.54, 1.807) is 0 Å². The molecule has 11 heavy (non-hydrogen) atoms. The first-order valence-electron chi connectivity index (χ1n) is 3.50. The molecule has 0 aliphatic heterocycles. The molecule has 0 atom stereocenters. The molecule has 0 radical (unpaired) electrons. The van der Waals surface area contributed by atoms with Crippen molar-refractivity contribution in [3.05, 3.63) is 16.3 Å². The summed E-state index contributed by atoms with van der Waals surface area (Å²) >= 11 is 0. The fourth-order valence-electron chi connectivity index (χ4n) is 0.890. The van der Waals surface area contributed by atoms with E-state index in [0.29, 0.717) is 5.82 Å². The van der Waals surface area contributed by atoms with Crippen LogP contribution in [0.1, 0.15) is 19.2 Å². The zero-order valence-corrected chi connectivity index (χ0v) is 6.63. The lowest BCUT2D eigenvalue weighted by molar-refractivity contribution is 0.149. The molecule has 0 amide bonds. The molecule has 0 spiro atoms. The van der Waals surface area contributed by atoms with Gasteiger partial charge in [-0.15, -0.1) is 4.73 Å². The Balaban J connectivity index is 2.96. The second-order valence-electron chi connectivity index (χ2n) is 2.17. The van der Waals surface area contributed by atoms with Gasteiger partial charge in [-0.1, -0.05) is 6.92 Å². The van der Waals surface area contributed by atoms with Gasteiger partial charge >= 0.3 is 5.69 Å². The number of aryl methyl sites for hydroxylation is 1. The van der Waals surface area contributed by atoms with E-state index >= 15 is 0 Å². The summed E-state index contributed by atoms with van der Waals surface area (Å²) in [6.07, 6.45) is 1.68. The summed E-state index contributed by atoms with van der Waals surface area (Å²) in [7, 11) is 1.44. The lowest BCUT2D eigenvalue weighted by atomic mass is 10.3. The van der Waals surface area contributed by atoms with Gasteiger partial charge in [0.15, 0.2) is 5.82 Å². The van der Waals surface area contributed by atoms with E-state index < -0.39 is 0 Å². The van der Waals surface area contributed by atoms with Crippen LogP contribution >= 0.6 is 0 Å². The highest BCUT2D eigenvalue weighted by Crippen LogP contribution is 1.92. The van der Waals surface area contributed by atoms with Crippen molar-refractivity contribution < 1.29 is 4.84 Å². The van der Waals surface area contributed by atoms with Crippen LogP contribution in [0.3, 0.4) is 0 Å². The molecule has 62 valence electrons. The highest BCUT2D eigenvalue weighted by Gasteiger charge is 2.05. The SMILES string of the molecule is CCCc1n[nH]c(=O)n1OC. The molecule has 0 fully saturated rings. The summed E-state index contributed by atoms with van der Waals surface area (Å²) < 4.78 is 1.16. The Morgan fingerprint density at radius 3 is 3.00 bits per heavy atom. The van der Waals surface area contributed by atoms with Gasteiger partial charge in [-0.2, -0.15) is 5.10 Å². The van der Waals surface area contributed by atoms with Gasteiger partial charge in [-0.05, 0) is 6.42 Å². The molecule has 0 unspecified atom stereocenters. The van der Waals surface area contributed by atoms with E-state index in [4.69, 9.17) is 4.84 Å². The van der Waals surface area contributed by atoms with E-state index in [0.717, 1.165) is 17.6 Å².